The van der Waals surface area contributed by atoms with Crippen LogP contribution in [0, 0.1) is 0 Å². The molecule has 0 aliphatic rings. The maximum atomic E-state index is 5.26. The Balaban J connectivity index is 1.43. The lowest BCUT2D eigenvalue weighted by molar-refractivity contribution is 0.432. The van der Waals surface area contributed by atoms with Gasteiger partial charge in [0.25, 0.3) is 11.8 Å². The van der Waals surface area contributed by atoms with Crippen molar-refractivity contribution in [3.8, 4) is 17.1 Å². The Morgan fingerprint density at radius 1 is 0.917 bits per heavy atom. The Hall–Kier alpha value is -3.41. The number of nitrogens with one attached hydrogen (secondary N) is 1. The molecule has 0 bridgehead atoms. The van der Waals surface area contributed by atoms with Crippen molar-refractivity contribution in [1.82, 2.24) is 19.9 Å². The molecule has 0 radical (unpaired) electrons. The fourth-order valence-electron chi connectivity index (χ4n) is 2.34. The molecule has 2 heterocycles. The highest BCUT2D eigenvalue weighted by molar-refractivity contribution is 5.53. The highest BCUT2D eigenvalue weighted by atomic mass is 16.5. The molecule has 6 nitrogen and oxygen atoms in total. The normalized spacial score (nSPS) is 10.7. The second kappa shape index (κ2) is 6.37. The molecule has 0 saturated heterocycles. The second-order valence-electron chi connectivity index (χ2n) is 5.23. The first kappa shape index (κ1) is 14.2. The molecule has 0 unspecified atom stereocenters. The fourth-order valence-corrected chi connectivity index (χ4v) is 2.34. The van der Waals surface area contributed by atoms with Crippen LogP contribution in [-0.4, -0.2) is 19.9 Å². The highest BCUT2D eigenvalue weighted by Crippen LogP contribution is 2.18. The Bertz CT molecular complexity index is 837. The maximum absolute atomic E-state index is 5.26. The number of rotatable bonds is 5. The van der Waals surface area contributed by atoms with Gasteiger partial charge in [-0.05, 0) is 35.5 Å². The summed E-state index contributed by atoms with van der Waals surface area (Å²) in [6.07, 6.45) is 1.93. The van der Waals surface area contributed by atoms with Gasteiger partial charge in [-0.25, -0.2) is 4.68 Å². The van der Waals surface area contributed by atoms with Gasteiger partial charge >= 0.3 is 0 Å². The third-order valence-corrected chi connectivity index (χ3v) is 3.54. The minimum Gasteiger partial charge on any atom is -0.346 e. The minimum absolute atomic E-state index is 0.447. The van der Waals surface area contributed by atoms with Crippen LogP contribution in [0.2, 0.25) is 0 Å². The van der Waals surface area contributed by atoms with Crippen LogP contribution in [0.1, 0.15) is 5.69 Å². The number of hydrogen-bond acceptors (Lipinski definition) is 5. The number of hydrogen-bond donors (Lipinski definition) is 1. The van der Waals surface area contributed by atoms with E-state index in [4.69, 9.17) is 4.52 Å². The number of benzene rings is 2. The zero-order valence-electron chi connectivity index (χ0n) is 12.8. The third-order valence-electron chi connectivity index (χ3n) is 3.54. The van der Waals surface area contributed by atoms with E-state index in [0.29, 0.717) is 18.4 Å². The van der Waals surface area contributed by atoms with E-state index in [1.54, 1.807) is 0 Å². The van der Waals surface area contributed by atoms with E-state index >= 15 is 0 Å². The van der Waals surface area contributed by atoms with Crippen molar-refractivity contribution in [2.24, 2.45) is 0 Å². The first-order valence-corrected chi connectivity index (χ1v) is 7.61. The molecule has 0 spiro atoms. The molecule has 2 aromatic carbocycles. The molecule has 24 heavy (non-hydrogen) atoms. The van der Waals surface area contributed by atoms with E-state index in [1.807, 2.05) is 77.6 Å². The smallest absolute Gasteiger partial charge is 0.264 e. The predicted molar refractivity (Wildman–Crippen MR) is 90.6 cm³/mol. The zero-order chi connectivity index (χ0) is 16.2. The number of nitrogens with zero attached hydrogens (tertiary/aromatic N) is 4. The molecule has 2 aromatic heterocycles. The van der Waals surface area contributed by atoms with Crippen molar-refractivity contribution < 1.29 is 4.52 Å². The minimum atomic E-state index is 0.447. The molecule has 118 valence electrons. The van der Waals surface area contributed by atoms with Crippen LogP contribution >= 0.6 is 0 Å². The summed E-state index contributed by atoms with van der Waals surface area (Å²) in [7, 11) is 0. The van der Waals surface area contributed by atoms with E-state index in [9.17, 15) is 0 Å². The SMILES string of the molecule is c1ccc(-c2nc(NCc3ccn(-c4ccccc4)n3)no2)cc1. The highest BCUT2D eigenvalue weighted by Gasteiger charge is 2.08. The first-order valence-electron chi connectivity index (χ1n) is 7.61. The second-order valence-corrected chi connectivity index (χ2v) is 5.23. The van der Waals surface area contributed by atoms with Gasteiger partial charge in [0.2, 0.25) is 0 Å². The standard InChI is InChI=1S/C18H15N5O/c1-3-7-14(8-4-1)17-20-18(22-24-17)19-13-15-11-12-23(21-15)16-9-5-2-6-10-16/h1-12H,13H2,(H,19,22). The van der Waals surface area contributed by atoms with Crippen molar-refractivity contribution in [2.75, 3.05) is 5.32 Å². The maximum Gasteiger partial charge on any atom is 0.264 e. The summed E-state index contributed by atoms with van der Waals surface area (Å²) in [6, 6.07) is 21.6. The van der Waals surface area contributed by atoms with E-state index < -0.39 is 0 Å². The predicted octanol–water partition coefficient (Wildman–Crippen LogP) is 3.53. The average molecular weight is 317 g/mol. The topological polar surface area (TPSA) is 68.8 Å². The van der Waals surface area contributed by atoms with Crippen LogP contribution in [0.3, 0.4) is 0 Å². The summed E-state index contributed by atoms with van der Waals surface area (Å²) in [6.45, 7) is 0.521. The van der Waals surface area contributed by atoms with Crippen LogP contribution < -0.4 is 5.32 Å². The summed E-state index contributed by atoms with van der Waals surface area (Å²) >= 11 is 0. The molecule has 6 heteroatoms. The molecule has 0 saturated carbocycles. The van der Waals surface area contributed by atoms with Gasteiger partial charge in [0, 0.05) is 11.8 Å². The molecule has 0 amide bonds. The van der Waals surface area contributed by atoms with Gasteiger partial charge in [-0.15, -0.1) is 0 Å². The Kier molecular flexibility index (Phi) is 3.77. The molecule has 4 rings (SSSR count). The number of aromatic nitrogens is 4. The van der Waals surface area contributed by atoms with Crippen LogP contribution in [-0.2, 0) is 6.54 Å². The van der Waals surface area contributed by atoms with Gasteiger partial charge in [-0.3, -0.25) is 0 Å². The van der Waals surface area contributed by atoms with Crippen molar-refractivity contribution in [2.45, 2.75) is 6.54 Å². The summed E-state index contributed by atoms with van der Waals surface area (Å²) in [5.74, 6) is 0.941. The molecule has 0 atom stereocenters. The molecule has 0 fully saturated rings. The van der Waals surface area contributed by atoms with Crippen molar-refractivity contribution in [3.05, 3.63) is 78.6 Å². The molecular weight excluding hydrogens is 302 g/mol. The van der Waals surface area contributed by atoms with Crippen molar-refractivity contribution in [3.63, 3.8) is 0 Å². The molecule has 1 N–H and O–H groups in total. The van der Waals surface area contributed by atoms with Gasteiger partial charge < -0.3 is 9.84 Å². The fraction of sp³-hybridized carbons (Fsp3) is 0.0556. The van der Waals surface area contributed by atoms with Crippen molar-refractivity contribution >= 4 is 5.95 Å². The van der Waals surface area contributed by atoms with E-state index in [1.165, 1.54) is 0 Å². The lowest BCUT2D eigenvalue weighted by Crippen LogP contribution is -2.03. The molecular formula is C18H15N5O. The van der Waals surface area contributed by atoms with E-state index in [2.05, 4.69) is 20.6 Å². The zero-order valence-corrected chi connectivity index (χ0v) is 12.8. The van der Waals surface area contributed by atoms with E-state index in [0.717, 1.165) is 16.9 Å². The first-order chi connectivity index (χ1) is 11.9. The lowest BCUT2D eigenvalue weighted by atomic mass is 10.2. The van der Waals surface area contributed by atoms with Crippen LogP contribution in [0.5, 0.6) is 0 Å². The quantitative estimate of drug-likeness (QED) is 0.610. The lowest BCUT2D eigenvalue weighted by Gasteiger charge is -2.00. The number of anilines is 1. The molecule has 0 aliphatic heterocycles. The third kappa shape index (κ3) is 3.03. The average Bonchev–Trinajstić information content (AvgIpc) is 3.31. The van der Waals surface area contributed by atoms with Crippen LogP contribution in [0.4, 0.5) is 5.95 Å². The van der Waals surface area contributed by atoms with Gasteiger partial charge in [-0.2, -0.15) is 10.1 Å². The summed E-state index contributed by atoms with van der Waals surface area (Å²) < 4.78 is 7.10. The van der Waals surface area contributed by atoms with Gasteiger partial charge in [0.15, 0.2) is 0 Å². The van der Waals surface area contributed by atoms with Gasteiger partial charge in [0.05, 0.1) is 17.9 Å². The van der Waals surface area contributed by atoms with Crippen LogP contribution in [0.15, 0.2) is 77.4 Å². The summed E-state index contributed by atoms with van der Waals surface area (Å²) in [5, 5.41) is 11.6. The summed E-state index contributed by atoms with van der Waals surface area (Å²) in [4.78, 5) is 4.34. The molecule has 4 aromatic rings. The molecule has 0 aliphatic carbocycles. The van der Waals surface area contributed by atoms with Gasteiger partial charge in [0.1, 0.15) is 0 Å². The van der Waals surface area contributed by atoms with E-state index in [-0.39, 0.29) is 0 Å². The van der Waals surface area contributed by atoms with Gasteiger partial charge in [-0.1, -0.05) is 36.4 Å². The monoisotopic (exact) mass is 317 g/mol. The van der Waals surface area contributed by atoms with Crippen LogP contribution in [0.25, 0.3) is 17.1 Å². The number of para-hydroxylation sites is 1. The van der Waals surface area contributed by atoms with Crippen molar-refractivity contribution in [1.29, 1.82) is 0 Å². The Morgan fingerprint density at radius 3 is 2.46 bits per heavy atom. The summed E-state index contributed by atoms with van der Waals surface area (Å²) in [5.41, 5.74) is 2.81. The Labute approximate surface area is 138 Å². The largest absolute Gasteiger partial charge is 0.346 e. The Morgan fingerprint density at radius 2 is 1.67 bits per heavy atom.